The number of benzene rings is 7. The molecule has 0 unspecified atom stereocenters. The van der Waals surface area contributed by atoms with E-state index in [2.05, 4.69) is 174 Å². The average Bonchev–Trinajstić information content (AvgIpc) is 3.17. The van der Waals surface area contributed by atoms with Crippen molar-refractivity contribution in [1.82, 2.24) is 4.98 Å². The number of para-hydroxylation sites is 4. The summed E-state index contributed by atoms with van der Waals surface area (Å²) in [5.41, 5.74) is 9.81. The Hall–Kier alpha value is -6.10. The summed E-state index contributed by atoms with van der Waals surface area (Å²) < 4.78 is 0. The first-order valence-electron chi connectivity index (χ1n) is 16.4. The number of hydrogen-bond acceptors (Lipinski definition) is 4. The molecule has 0 atom stereocenters. The number of rotatable bonds is 8. The molecular formula is C45H33N3S. The molecule has 4 heteroatoms. The lowest BCUT2D eigenvalue weighted by Gasteiger charge is -2.26. The molecule has 0 aliphatic rings. The van der Waals surface area contributed by atoms with E-state index in [-0.39, 0.29) is 0 Å². The maximum atomic E-state index is 5.07. The van der Waals surface area contributed by atoms with Crippen LogP contribution >= 0.6 is 12.6 Å². The lowest BCUT2D eigenvalue weighted by Crippen LogP contribution is -2.11. The van der Waals surface area contributed by atoms with Crippen LogP contribution in [0.5, 0.6) is 0 Å². The van der Waals surface area contributed by atoms with Gasteiger partial charge in [0.1, 0.15) is 5.82 Å². The first kappa shape index (κ1) is 30.2. The Morgan fingerprint density at radius 1 is 0.367 bits per heavy atom. The van der Waals surface area contributed by atoms with Gasteiger partial charge in [-0.05, 0) is 100 Å². The van der Waals surface area contributed by atoms with Crippen LogP contribution in [0.1, 0.15) is 0 Å². The molecule has 49 heavy (non-hydrogen) atoms. The van der Waals surface area contributed by atoms with Crippen LogP contribution in [-0.4, -0.2) is 4.98 Å². The maximum absolute atomic E-state index is 5.07. The predicted octanol–water partition coefficient (Wildman–Crippen LogP) is 12.8. The highest BCUT2D eigenvalue weighted by Crippen LogP contribution is 2.42. The third-order valence-corrected chi connectivity index (χ3v) is 9.17. The minimum Gasteiger partial charge on any atom is -0.310 e. The summed E-state index contributed by atoms with van der Waals surface area (Å²) in [6.07, 6.45) is 1.98. The van der Waals surface area contributed by atoms with E-state index in [0.29, 0.717) is 0 Å². The molecule has 0 bridgehead atoms. The lowest BCUT2D eigenvalue weighted by molar-refractivity contribution is 1.18. The van der Waals surface area contributed by atoms with Crippen LogP contribution in [0.25, 0.3) is 33.0 Å². The summed E-state index contributed by atoms with van der Waals surface area (Å²) >= 11 is 5.07. The molecule has 0 saturated heterocycles. The summed E-state index contributed by atoms with van der Waals surface area (Å²) in [6, 6.07) is 65.5. The van der Waals surface area contributed by atoms with E-state index in [0.717, 1.165) is 61.4 Å². The monoisotopic (exact) mass is 647 g/mol. The van der Waals surface area contributed by atoms with Crippen molar-refractivity contribution < 1.29 is 0 Å². The fourth-order valence-corrected chi connectivity index (χ4v) is 6.85. The largest absolute Gasteiger partial charge is 0.310 e. The fraction of sp³-hybridized carbons (Fsp3) is 0. The van der Waals surface area contributed by atoms with Crippen molar-refractivity contribution in [3.8, 4) is 22.3 Å². The zero-order chi connectivity index (χ0) is 33.0. The Bertz CT molecular complexity index is 2250. The van der Waals surface area contributed by atoms with Gasteiger partial charge in [-0.1, -0.05) is 115 Å². The lowest BCUT2D eigenvalue weighted by atomic mass is 9.92. The number of anilines is 6. The summed E-state index contributed by atoms with van der Waals surface area (Å²) in [6.45, 7) is 0. The molecule has 7 aromatic carbocycles. The van der Waals surface area contributed by atoms with Gasteiger partial charge in [-0.25, -0.2) is 4.98 Å². The van der Waals surface area contributed by atoms with Crippen LogP contribution in [0.3, 0.4) is 0 Å². The van der Waals surface area contributed by atoms with E-state index in [1.807, 2.05) is 30.5 Å². The van der Waals surface area contributed by atoms with E-state index < -0.39 is 0 Å². The second-order valence-corrected chi connectivity index (χ2v) is 12.3. The summed E-state index contributed by atoms with van der Waals surface area (Å²) in [5, 5.41) is 2.34. The molecule has 0 N–H and O–H groups in total. The highest BCUT2D eigenvalue weighted by atomic mass is 32.1. The topological polar surface area (TPSA) is 19.4 Å². The third-order valence-electron chi connectivity index (χ3n) is 8.80. The Kier molecular flexibility index (Phi) is 8.37. The minimum atomic E-state index is 0.863. The quantitative estimate of drug-likeness (QED) is 0.166. The van der Waals surface area contributed by atoms with Crippen LogP contribution in [0.4, 0.5) is 34.3 Å². The summed E-state index contributed by atoms with van der Waals surface area (Å²) in [4.78, 5) is 10.4. The smallest absolute Gasteiger partial charge is 0.137 e. The van der Waals surface area contributed by atoms with Crippen molar-refractivity contribution in [3.63, 3.8) is 0 Å². The second kappa shape index (κ2) is 13.6. The Balaban J connectivity index is 1.16. The zero-order valence-electron chi connectivity index (χ0n) is 26.8. The molecule has 0 saturated carbocycles. The van der Waals surface area contributed by atoms with Crippen LogP contribution in [0, 0.1) is 0 Å². The molecule has 0 aliphatic carbocycles. The van der Waals surface area contributed by atoms with Crippen molar-refractivity contribution in [2.24, 2.45) is 0 Å². The Labute approximate surface area is 292 Å². The number of aromatic nitrogens is 1. The zero-order valence-corrected chi connectivity index (χ0v) is 27.7. The van der Waals surface area contributed by atoms with Gasteiger partial charge in [0, 0.05) is 45.1 Å². The minimum absolute atomic E-state index is 0.863. The number of pyridine rings is 1. The molecule has 8 aromatic rings. The SMILES string of the molecule is Sc1cc(N(c2ccccc2)c2ccccc2)ccc1-c1ccc(-c2ccc(N(c3ccccc3)c3ccccc3)nc2)c2ccccc12. The first-order valence-corrected chi connectivity index (χ1v) is 16.8. The second-order valence-electron chi connectivity index (χ2n) is 11.8. The van der Waals surface area contributed by atoms with Crippen molar-refractivity contribution in [2.75, 3.05) is 9.80 Å². The van der Waals surface area contributed by atoms with Gasteiger partial charge in [0.15, 0.2) is 0 Å². The molecule has 0 aliphatic heterocycles. The third kappa shape index (κ3) is 6.06. The summed E-state index contributed by atoms with van der Waals surface area (Å²) in [5.74, 6) is 0.863. The van der Waals surface area contributed by atoms with E-state index in [1.54, 1.807) is 0 Å². The molecule has 0 radical (unpaired) electrons. The Morgan fingerprint density at radius 3 is 1.31 bits per heavy atom. The number of hydrogen-bond donors (Lipinski definition) is 1. The standard InChI is InChI=1S/C45H33N3S/c49-44-31-38(47(34-15-5-1-6-16-34)35-17-7-2-8-18-35)26-27-43(44)42-29-28-39(40-23-13-14-24-41(40)42)33-25-30-45(46-32-33)48(36-19-9-3-10-20-36)37-21-11-4-12-22-37/h1-32,49H. The van der Waals surface area contributed by atoms with Gasteiger partial charge in [0.2, 0.25) is 0 Å². The Morgan fingerprint density at radius 2 is 0.816 bits per heavy atom. The van der Waals surface area contributed by atoms with Crippen molar-refractivity contribution in [2.45, 2.75) is 4.90 Å². The average molecular weight is 648 g/mol. The van der Waals surface area contributed by atoms with E-state index >= 15 is 0 Å². The van der Waals surface area contributed by atoms with Crippen LogP contribution < -0.4 is 9.80 Å². The molecule has 234 valence electrons. The molecule has 0 spiro atoms. The first-order chi connectivity index (χ1) is 24.2. The molecule has 8 rings (SSSR count). The van der Waals surface area contributed by atoms with Crippen molar-refractivity contribution >= 4 is 57.7 Å². The molecule has 3 nitrogen and oxygen atoms in total. The van der Waals surface area contributed by atoms with Gasteiger partial charge in [-0.2, -0.15) is 0 Å². The predicted molar refractivity (Wildman–Crippen MR) is 209 cm³/mol. The number of nitrogens with zero attached hydrogens (tertiary/aromatic N) is 3. The van der Waals surface area contributed by atoms with Crippen molar-refractivity contribution in [3.05, 3.63) is 194 Å². The molecule has 0 amide bonds. The fourth-order valence-electron chi connectivity index (χ4n) is 6.52. The van der Waals surface area contributed by atoms with Crippen LogP contribution in [-0.2, 0) is 0 Å². The van der Waals surface area contributed by atoms with Gasteiger partial charge in [0.25, 0.3) is 0 Å². The van der Waals surface area contributed by atoms with Crippen molar-refractivity contribution in [1.29, 1.82) is 0 Å². The van der Waals surface area contributed by atoms with Gasteiger partial charge >= 0.3 is 0 Å². The highest BCUT2D eigenvalue weighted by molar-refractivity contribution is 7.80. The maximum Gasteiger partial charge on any atom is 0.137 e. The van der Waals surface area contributed by atoms with E-state index in [4.69, 9.17) is 17.6 Å². The number of thiol groups is 1. The van der Waals surface area contributed by atoms with E-state index in [1.165, 1.54) is 10.8 Å². The summed E-state index contributed by atoms with van der Waals surface area (Å²) in [7, 11) is 0. The van der Waals surface area contributed by atoms with Gasteiger partial charge < -0.3 is 4.90 Å². The highest BCUT2D eigenvalue weighted by Gasteiger charge is 2.17. The normalized spacial score (nSPS) is 11.0. The van der Waals surface area contributed by atoms with Gasteiger partial charge in [0.05, 0.1) is 0 Å². The molecule has 0 fully saturated rings. The molecular weight excluding hydrogens is 615 g/mol. The molecule has 1 aromatic heterocycles. The van der Waals surface area contributed by atoms with Crippen LogP contribution in [0.2, 0.25) is 0 Å². The molecule has 1 heterocycles. The van der Waals surface area contributed by atoms with E-state index in [9.17, 15) is 0 Å². The van der Waals surface area contributed by atoms with Gasteiger partial charge in [-0.3, -0.25) is 4.90 Å². The van der Waals surface area contributed by atoms with Gasteiger partial charge in [-0.15, -0.1) is 12.6 Å². The number of fused-ring (bicyclic) bond motifs is 1. The van der Waals surface area contributed by atoms with Crippen LogP contribution in [0.15, 0.2) is 199 Å².